The summed E-state index contributed by atoms with van der Waals surface area (Å²) in [7, 11) is -4.32. The fourth-order valence-corrected chi connectivity index (χ4v) is 5.05. The van der Waals surface area contributed by atoms with Gasteiger partial charge >= 0.3 is 10.4 Å². The van der Waals surface area contributed by atoms with Gasteiger partial charge in [-0.1, -0.05) is 155 Å². The second-order valence-corrected chi connectivity index (χ2v) is 11.3. The summed E-state index contributed by atoms with van der Waals surface area (Å²) < 4.78 is 35.3. The minimum atomic E-state index is -4.32. The number of hydrogen-bond donors (Lipinski definition) is 1. The Morgan fingerprint density at radius 3 is 1.09 bits per heavy atom. The topological polar surface area (TPSA) is 63.6 Å². The van der Waals surface area contributed by atoms with Gasteiger partial charge in [-0.25, -0.2) is 4.18 Å². The molecule has 0 radical (unpaired) electrons. The molecule has 200 valence electrons. The highest BCUT2D eigenvalue weighted by Gasteiger charge is 2.13. The Balaban J connectivity index is 3.49. The normalized spacial score (nSPS) is 12.9. The van der Waals surface area contributed by atoms with Gasteiger partial charge in [0.15, 0.2) is 0 Å². The lowest BCUT2D eigenvalue weighted by Gasteiger charge is -2.16. The van der Waals surface area contributed by atoms with E-state index in [1.807, 2.05) is 0 Å². The Bertz CT molecular complexity index is 478. The van der Waals surface area contributed by atoms with Crippen molar-refractivity contribution in [2.45, 2.75) is 168 Å². The van der Waals surface area contributed by atoms with Crippen LogP contribution in [0.5, 0.6) is 0 Å². The van der Waals surface area contributed by atoms with Gasteiger partial charge in [0.1, 0.15) is 0 Å². The van der Waals surface area contributed by atoms with Crippen LogP contribution in [-0.2, 0) is 14.6 Å². The molecule has 1 atom stereocenters. The van der Waals surface area contributed by atoms with Gasteiger partial charge in [0, 0.05) is 0 Å². The summed E-state index contributed by atoms with van der Waals surface area (Å²) in [6, 6.07) is 0. The van der Waals surface area contributed by atoms with E-state index in [9.17, 15) is 8.42 Å². The lowest BCUT2D eigenvalue weighted by atomic mass is 9.95. The molecule has 0 aromatic rings. The largest absolute Gasteiger partial charge is 0.397 e. The molecule has 0 heterocycles. The molecule has 33 heavy (non-hydrogen) atoms. The molecule has 0 aliphatic rings. The van der Waals surface area contributed by atoms with Crippen molar-refractivity contribution in [3.8, 4) is 0 Å². The quantitative estimate of drug-likeness (QED) is 0.0919. The van der Waals surface area contributed by atoms with Gasteiger partial charge in [-0.15, -0.1) is 0 Å². The van der Waals surface area contributed by atoms with Crippen LogP contribution >= 0.6 is 0 Å². The second-order valence-electron chi connectivity index (χ2n) is 10.2. The molecule has 0 spiro atoms. The van der Waals surface area contributed by atoms with Crippen LogP contribution in [0.25, 0.3) is 0 Å². The molecule has 0 aromatic heterocycles. The summed E-state index contributed by atoms with van der Waals surface area (Å²) in [6.45, 7) is 4.60. The van der Waals surface area contributed by atoms with Crippen molar-refractivity contribution >= 4 is 10.4 Å². The molecule has 0 saturated carbocycles. The van der Waals surface area contributed by atoms with Crippen molar-refractivity contribution in [3.63, 3.8) is 0 Å². The zero-order chi connectivity index (χ0) is 24.5. The molecule has 4 nitrogen and oxygen atoms in total. The predicted molar refractivity (Wildman–Crippen MR) is 143 cm³/mol. The van der Waals surface area contributed by atoms with E-state index in [0.717, 1.165) is 25.7 Å². The maximum absolute atomic E-state index is 10.9. The van der Waals surface area contributed by atoms with Gasteiger partial charge in [-0.05, 0) is 18.8 Å². The van der Waals surface area contributed by atoms with E-state index in [-0.39, 0.29) is 12.5 Å². The van der Waals surface area contributed by atoms with E-state index in [0.29, 0.717) is 0 Å². The van der Waals surface area contributed by atoms with Crippen LogP contribution in [-0.4, -0.2) is 19.6 Å². The van der Waals surface area contributed by atoms with Gasteiger partial charge in [-0.2, -0.15) is 8.42 Å². The van der Waals surface area contributed by atoms with E-state index < -0.39 is 10.4 Å². The molecule has 0 rings (SSSR count). The summed E-state index contributed by atoms with van der Waals surface area (Å²) in [5.41, 5.74) is 0. The van der Waals surface area contributed by atoms with E-state index in [1.54, 1.807) is 0 Å². The van der Waals surface area contributed by atoms with Gasteiger partial charge in [0.05, 0.1) is 6.61 Å². The van der Waals surface area contributed by atoms with E-state index >= 15 is 0 Å². The third-order valence-electron chi connectivity index (χ3n) is 6.88. The summed E-state index contributed by atoms with van der Waals surface area (Å²) in [5, 5.41) is 0. The van der Waals surface area contributed by atoms with Crippen LogP contribution in [0.3, 0.4) is 0 Å². The Morgan fingerprint density at radius 1 is 0.515 bits per heavy atom. The molecular formula is C28H58O4S. The van der Waals surface area contributed by atoms with Crippen LogP contribution < -0.4 is 0 Å². The average Bonchev–Trinajstić information content (AvgIpc) is 2.78. The highest BCUT2D eigenvalue weighted by molar-refractivity contribution is 7.80. The van der Waals surface area contributed by atoms with Crippen LogP contribution in [0, 0.1) is 5.92 Å². The average molecular weight is 491 g/mol. The van der Waals surface area contributed by atoms with Gasteiger partial charge in [0.2, 0.25) is 0 Å². The predicted octanol–water partition coefficient (Wildman–Crippen LogP) is 9.82. The molecular weight excluding hydrogens is 432 g/mol. The number of hydrogen-bond acceptors (Lipinski definition) is 3. The molecule has 0 bridgehead atoms. The molecule has 1 N–H and O–H groups in total. The lowest BCUT2D eigenvalue weighted by molar-refractivity contribution is 0.204. The van der Waals surface area contributed by atoms with Gasteiger partial charge < -0.3 is 0 Å². The summed E-state index contributed by atoms with van der Waals surface area (Å²) >= 11 is 0. The Kier molecular flexibility index (Phi) is 24.9. The molecule has 0 saturated heterocycles. The van der Waals surface area contributed by atoms with E-state index in [2.05, 4.69) is 18.0 Å². The molecule has 1 unspecified atom stereocenters. The first-order valence-corrected chi connectivity index (χ1v) is 16.0. The molecule has 0 aliphatic heterocycles. The standard InChI is InChI=1S/C28H58O4S/c1-3-5-7-9-10-11-12-13-14-15-16-17-18-19-20-21-22-24-26-28(25-23-8-6-4-2)27-32-33(29,30)31/h28H,3-27H2,1-2H3,(H,29,30,31). The Morgan fingerprint density at radius 2 is 0.788 bits per heavy atom. The van der Waals surface area contributed by atoms with Crippen molar-refractivity contribution in [2.24, 2.45) is 5.92 Å². The Labute approximate surface area is 208 Å². The highest BCUT2D eigenvalue weighted by Crippen LogP contribution is 2.20. The smallest absolute Gasteiger partial charge is 0.264 e. The monoisotopic (exact) mass is 490 g/mol. The second kappa shape index (κ2) is 25.0. The number of rotatable bonds is 27. The maximum atomic E-state index is 10.9. The minimum Gasteiger partial charge on any atom is -0.264 e. The van der Waals surface area contributed by atoms with Crippen molar-refractivity contribution in [1.82, 2.24) is 0 Å². The first-order chi connectivity index (χ1) is 16.0. The van der Waals surface area contributed by atoms with E-state index in [4.69, 9.17) is 4.55 Å². The SMILES string of the molecule is CCCCCCCCCCCCCCCCCCCCC(CCCCCC)COS(=O)(=O)O. The molecule has 0 aromatic carbocycles. The zero-order valence-electron chi connectivity index (χ0n) is 22.3. The fourth-order valence-electron chi connectivity index (χ4n) is 4.69. The van der Waals surface area contributed by atoms with Gasteiger partial charge in [0.25, 0.3) is 0 Å². The van der Waals surface area contributed by atoms with Crippen LogP contribution in [0.15, 0.2) is 0 Å². The molecule has 0 fully saturated rings. The van der Waals surface area contributed by atoms with Crippen molar-refractivity contribution in [2.75, 3.05) is 6.61 Å². The summed E-state index contributed by atoms with van der Waals surface area (Å²) in [5.74, 6) is 0.241. The summed E-state index contributed by atoms with van der Waals surface area (Å²) in [6.07, 6.45) is 31.4. The van der Waals surface area contributed by atoms with E-state index in [1.165, 1.54) is 128 Å². The van der Waals surface area contributed by atoms with Crippen molar-refractivity contribution in [3.05, 3.63) is 0 Å². The third-order valence-corrected chi connectivity index (χ3v) is 7.32. The zero-order valence-corrected chi connectivity index (χ0v) is 23.2. The first kappa shape index (κ1) is 32.9. The Hall–Kier alpha value is -0.130. The third kappa shape index (κ3) is 28.0. The van der Waals surface area contributed by atoms with Gasteiger partial charge in [-0.3, -0.25) is 4.55 Å². The van der Waals surface area contributed by atoms with Crippen LogP contribution in [0.4, 0.5) is 0 Å². The fraction of sp³-hybridized carbons (Fsp3) is 1.00. The molecule has 0 amide bonds. The van der Waals surface area contributed by atoms with Crippen molar-refractivity contribution in [1.29, 1.82) is 0 Å². The molecule has 5 heteroatoms. The lowest BCUT2D eigenvalue weighted by Crippen LogP contribution is -2.14. The minimum absolute atomic E-state index is 0.129. The van der Waals surface area contributed by atoms with Crippen LogP contribution in [0.2, 0.25) is 0 Å². The molecule has 0 aliphatic carbocycles. The number of unbranched alkanes of at least 4 members (excludes halogenated alkanes) is 20. The van der Waals surface area contributed by atoms with Crippen LogP contribution in [0.1, 0.15) is 168 Å². The first-order valence-electron chi connectivity index (χ1n) is 14.6. The van der Waals surface area contributed by atoms with Crippen molar-refractivity contribution < 1.29 is 17.2 Å². The highest BCUT2D eigenvalue weighted by atomic mass is 32.3. The maximum Gasteiger partial charge on any atom is 0.397 e. The summed E-state index contributed by atoms with van der Waals surface area (Å²) in [4.78, 5) is 0.